The summed E-state index contributed by atoms with van der Waals surface area (Å²) in [4.78, 5) is 26.1. The minimum atomic E-state index is -0.921. The smallest absolute Gasteiger partial charge is 0.309 e. The van der Waals surface area contributed by atoms with E-state index in [9.17, 15) is 9.59 Å². The van der Waals surface area contributed by atoms with E-state index in [4.69, 9.17) is 5.11 Å². The third-order valence-corrected chi connectivity index (χ3v) is 2.80. The molecule has 1 aliphatic carbocycles. The van der Waals surface area contributed by atoms with E-state index in [1.807, 2.05) is 0 Å². The topological polar surface area (TPSA) is 91.3 Å². The summed E-state index contributed by atoms with van der Waals surface area (Å²) in [5.41, 5.74) is 1.06. The van der Waals surface area contributed by atoms with Crippen molar-refractivity contribution in [3.63, 3.8) is 0 Å². The molecule has 1 aromatic heterocycles. The molecule has 1 aromatic rings. The average Bonchev–Trinajstić information content (AvgIpc) is 3.15. The van der Waals surface area contributed by atoms with Gasteiger partial charge in [-0.3, -0.25) is 14.6 Å². The van der Waals surface area contributed by atoms with E-state index in [1.165, 1.54) is 19.0 Å². The molecule has 1 saturated carbocycles. The van der Waals surface area contributed by atoms with E-state index in [-0.39, 0.29) is 12.3 Å². The second kappa shape index (κ2) is 6.29. The number of pyridine rings is 1. The Morgan fingerprint density at radius 1 is 1.37 bits per heavy atom. The molecular formula is C13H17N3O3. The molecular weight excluding hydrogens is 246 g/mol. The Kier molecular flexibility index (Phi) is 4.46. The van der Waals surface area contributed by atoms with Gasteiger partial charge in [0.05, 0.1) is 24.0 Å². The molecule has 0 unspecified atom stereocenters. The molecule has 6 nitrogen and oxygen atoms in total. The molecule has 3 N–H and O–H groups in total. The quantitative estimate of drug-likeness (QED) is 0.676. The Morgan fingerprint density at radius 3 is 2.74 bits per heavy atom. The maximum Gasteiger partial charge on any atom is 0.309 e. The normalized spacial score (nSPS) is 14.1. The number of hydrogen-bond donors (Lipinski definition) is 3. The van der Waals surface area contributed by atoms with Crippen LogP contribution in [0.3, 0.4) is 0 Å². The van der Waals surface area contributed by atoms with Crippen LogP contribution in [0.15, 0.2) is 18.3 Å². The van der Waals surface area contributed by atoms with Gasteiger partial charge in [-0.15, -0.1) is 0 Å². The molecule has 0 spiro atoms. The van der Waals surface area contributed by atoms with E-state index in [2.05, 4.69) is 15.6 Å². The predicted molar refractivity (Wildman–Crippen MR) is 69.8 cm³/mol. The van der Waals surface area contributed by atoms with Gasteiger partial charge in [-0.25, -0.2) is 0 Å². The van der Waals surface area contributed by atoms with E-state index in [1.54, 1.807) is 12.1 Å². The lowest BCUT2D eigenvalue weighted by Crippen LogP contribution is -2.23. The molecule has 1 heterocycles. The van der Waals surface area contributed by atoms with E-state index in [0.717, 1.165) is 0 Å². The molecule has 1 fully saturated rings. The highest BCUT2D eigenvalue weighted by molar-refractivity contribution is 5.90. The Morgan fingerprint density at radius 2 is 2.16 bits per heavy atom. The molecule has 1 amide bonds. The van der Waals surface area contributed by atoms with Crippen molar-refractivity contribution >= 4 is 17.6 Å². The van der Waals surface area contributed by atoms with Crippen LogP contribution in [0.1, 0.15) is 25.0 Å². The number of anilines is 1. The number of carbonyl (C=O) groups is 2. The number of aromatic nitrogens is 1. The third kappa shape index (κ3) is 5.05. The molecule has 6 heteroatoms. The van der Waals surface area contributed by atoms with Crippen LogP contribution in [0.2, 0.25) is 0 Å². The van der Waals surface area contributed by atoms with Crippen molar-refractivity contribution in [2.45, 2.75) is 31.7 Å². The van der Waals surface area contributed by atoms with Gasteiger partial charge in [0.1, 0.15) is 0 Å². The van der Waals surface area contributed by atoms with Crippen molar-refractivity contribution in [3.8, 4) is 0 Å². The van der Waals surface area contributed by atoms with Crippen LogP contribution in [0.25, 0.3) is 0 Å². The minimum Gasteiger partial charge on any atom is -0.481 e. The van der Waals surface area contributed by atoms with Crippen LogP contribution in [0.4, 0.5) is 5.69 Å². The Balaban J connectivity index is 1.74. The first-order valence-corrected chi connectivity index (χ1v) is 6.33. The maximum absolute atomic E-state index is 11.6. The number of carboxylic acids is 1. The van der Waals surface area contributed by atoms with Crippen molar-refractivity contribution < 1.29 is 14.7 Å². The highest BCUT2D eigenvalue weighted by Crippen LogP contribution is 2.18. The number of amides is 1. The van der Waals surface area contributed by atoms with Gasteiger partial charge in [0.25, 0.3) is 0 Å². The zero-order valence-corrected chi connectivity index (χ0v) is 10.6. The summed E-state index contributed by atoms with van der Waals surface area (Å²) in [6.45, 7) is 0.682. The first kappa shape index (κ1) is 13.5. The van der Waals surface area contributed by atoms with Crippen molar-refractivity contribution in [1.29, 1.82) is 0 Å². The minimum absolute atomic E-state index is 0.0686. The Bertz CT molecular complexity index is 455. The molecule has 0 aromatic carbocycles. The van der Waals surface area contributed by atoms with Crippen LogP contribution in [0, 0.1) is 0 Å². The highest BCUT2D eigenvalue weighted by Gasteiger charge is 2.20. The van der Waals surface area contributed by atoms with E-state index in [0.29, 0.717) is 30.4 Å². The number of nitrogens with one attached hydrogen (secondary N) is 2. The highest BCUT2D eigenvalue weighted by atomic mass is 16.4. The van der Waals surface area contributed by atoms with Crippen molar-refractivity contribution in [2.75, 3.05) is 11.9 Å². The summed E-state index contributed by atoms with van der Waals surface area (Å²) >= 11 is 0. The lowest BCUT2D eigenvalue weighted by Gasteiger charge is -2.06. The summed E-state index contributed by atoms with van der Waals surface area (Å²) < 4.78 is 0. The molecule has 102 valence electrons. The van der Waals surface area contributed by atoms with Gasteiger partial charge in [-0.05, 0) is 25.0 Å². The van der Waals surface area contributed by atoms with Crippen LogP contribution < -0.4 is 10.6 Å². The van der Waals surface area contributed by atoms with Crippen molar-refractivity contribution in [1.82, 2.24) is 10.3 Å². The van der Waals surface area contributed by atoms with Gasteiger partial charge in [0.2, 0.25) is 5.91 Å². The van der Waals surface area contributed by atoms with Gasteiger partial charge in [0, 0.05) is 19.0 Å². The Labute approximate surface area is 111 Å². The van der Waals surface area contributed by atoms with Gasteiger partial charge >= 0.3 is 5.97 Å². The maximum atomic E-state index is 11.6. The second-order valence-corrected chi connectivity index (χ2v) is 4.64. The summed E-state index contributed by atoms with van der Waals surface area (Å²) in [7, 11) is 0. The fourth-order valence-corrected chi connectivity index (χ4v) is 1.66. The SMILES string of the molecule is O=C(O)Cc1ccc(NC(=O)CCNC2CC2)cn1. The average molecular weight is 263 g/mol. The molecule has 0 aliphatic heterocycles. The standard InChI is InChI=1S/C13H17N3O3/c17-12(5-6-14-9-1-2-9)16-11-4-3-10(15-8-11)7-13(18)19/h3-4,8-9,14H,1-2,5-7H2,(H,16,17)(H,18,19). The zero-order chi connectivity index (χ0) is 13.7. The summed E-state index contributed by atoms with van der Waals surface area (Å²) in [5.74, 6) is -0.989. The third-order valence-electron chi connectivity index (χ3n) is 2.80. The summed E-state index contributed by atoms with van der Waals surface area (Å²) in [5, 5.41) is 14.6. The molecule has 0 bridgehead atoms. The van der Waals surface area contributed by atoms with Gasteiger partial charge in [0.15, 0.2) is 0 Å². The molecule has 1 aliphatic rings. The number of rotatable bonds is 7. The summed E-state index contributed by atoms with van der Waals surface area (Å²) in [6, 6.07) is 3.87. The van der Waals surface area contributed by atoms with Crippen molar-refractivity contribution in [2.24, 2.45) is 0 Å². The Hall–Kier alpha value is -1.95. The zero-order valence-electron chi connectivity index (χ0n) is 10.6. The number of carboxylic acid groups (broad SMARTS) is 1. The largest absolute Gasteiger partial charge is 0.481 e. The van der Waals surface area contributed by atoms with Gasteiger partial charge in [-0.1, -0.05) is 0 Å². The number of carbonyl (C=O) groups excluding carboxylic acids is 1. The lowest BCUT2D eigenvalue weighted by atomic mass is 10.2. The van der Waals surface area contributed by atoms with E-state index >= 15 is 0 Å². The number of aliphatic carboxylic acids is 1. The van der Waals surface area contributed by atoms with Crippen LogP contribution in [-0.2, 0) is 16.0 Å². The predicted octanol–water partition coefficient (Wildman–Crippen LogP) is 0.789. The first-order valence-electron chi connectivity index (χ1n) is 6.33. The first-order chi connectivity index (χ1) is 9.13. The fourth-order valence-electron chi connectivity index (χ4n) is 1.66. The van der Waals surface area contributed by atoms with Crippen molar-refractivity contribution in [3.05, 3.63) is 24.0 Å². The van der Waals surface area contributed by atoms with Gasteiger partial charge in [-0.2, -0.15) is 0 Å². The van der Waals surface area contributed by atoms with Crippen LogP contribution >= 0.6 is 0 Å². The van der Waals surface area contributed by atoms with Crippen LogP contribution in [0.5, 0.6) is 0 Å². The molecule has 0 atom stereocenters. The molecule has 2 rings (SSSR count). The van der Waals surface area contributed by atoms with E-state index < -0.39 is 5.97 Å². The number of hydrogen-bond acceptors (Lipinski definition) is 4. The lowest BCUT2D eigenvalue weighted by molar-refractivity contribution is -0.136. The molecule has 0 radical (unpaired) electrons. The molecule has 19 heavy (non-hydrogen) atoms. The number of nitrogens with zero attached hydrogens (tertiary/aromatic N) is 1. The monoisotopic (exact) mass is 263 g/mol. The van der Waals surface area contributed by atoms with Gasteiger partial charge < -0.3 is 15.7 Å². The summed E-state index contributed by atoms with van der Waals surface area (Å²) in [6.07, 6.45) is 4.20. The second-order valence-electron chi connectivity index (χ2n) is 4.64. The fraction of sp³-hybridized carbons (Fsp3) is 0.462. The molecule has 0 saturated heterocycles. The van der Waals surface area contributed by atoms with Crippen LogP contribution in [-0.4, -0.2) is 34.6 Å².